The molecule has 4 aromatic carbocycles. The topological polar surface area (TPSA) is 168 Å². The Balaban J connectivity index is 1.64. The Morgan fingerprint density at radius 1 is 0.674 bits per heavy atom. The van der Waals surface area contributed by atoms with Crippen molar-refractivity contribution in [2.45, 2.75) is 19.0 Å². The van der Waals surface area contributed by atoms with Gasteiger partial charge in [-0.2, -0.15) is 13.2 Å². The summed E-state index contributed by atoms with van der Waals surface area (Å²) in [6.07, 6.45) is -6.59. The Morgan fingerprint density at radius 3 is 1.93 bits per heavy atom. The van der Waals surface area contributed by atoms with Crippen LogP contribution in [0, 0.1) is 0 Å². The van der Waals surface area contributed by atoms with Crippen LogP contribution < -0.4 is 16.0 Å². The Labute approximate surface area is 242 Å². The van der Waals surface area contributed by atoms with E-state index in [2.05, 4.69) is 16.0 Å². The molecule has 0 fully saturated rings. The molecular weight excluding hydrogens is 571 g/mol. The molecule has 0 saturated carbocycles. The summed E-state index contributed by atoms with van der Waals surface area (Å²) in [6.45, 7) is -0.177. The number of halogens is 3. The number of aromatic carboxylic acids is 2. The second-order valence-corrected chi connectivity index (χ2v) is 9.19. The van der Waals surface area contributed by atoms with Gasteiger partial charge in [-0.05, 0) is 54.1 Å². The Bertz CT molecular complexity index is 1690. The molecule has 0 saturated heterocycles. The zero-order valence-corrected chi connectivity index (χ0v) is 22.0. The molecule has 0 atom stereocenters. The van der Waals surface area contributed by atoms with Crippen LogP contribution in [0.15, 0.2) is 84.9 Å². The lowest BCUT2D eigenvalue weighted by atomic mass is 10.1. The van der Waals surface area contributed by atoms with Crippen LogP contribution in [0.5, 0.6) is 0 Å². The van der Waals surface area contributed by atoms with Crippen LogP contribution in [0.25, 0.3) is 0 Å². The third-order valence-electron chi connectivity index (χ3n) is 6.29. The smallest absolute Gasteiger partial charge is 0.416 e. The number of rotatable bonds is 10. The summed E-state index contributed by atoms with van der Waals surface area (Å²) in [5.41, 5.74) is -1.25. The third-order valence-corrected chi connectivity index (χ3v) is 6.29. The van der Waals surface area contributed by atoms with Crippen LogP contribution in [-0.4, -0.2) is 38.3 Å². The summed E-state index contributed by atoms with van der Waals surface area (Å²) in [7, 11) is 0. The van der Waals surface area contributed by atoms with Crippen LogP contribution in [0.4, 0.5) is 35.9 Å². The van der Waals surface area contributed by atoms with Crippen molar-refractivity contribution >= 4 is 40.6 Å². The lowest BCUT2D eigenvalue weighted by molar-refractivity contribution is -0.137. The van der Waals surface area contributed by atoms with E-state index in [1.807, 2.05) is 0 Å². The zero-order chi connectivity index (χ0) is 31.3. The molecule has 7 N–H and O–H groups in total. The van der Waals surface area contributed by atoms with Gasteiger partial charge in [0.25, 0.3) is 5.91 Å². The second kappa shape index (κ2) is 12.6. The maximum absolute atomic E-state index is 13.6. The molecule has 0 aromatic heterocycles. The fourth-order valence-electron chi connectivity index (χ4n) is 4.19. The predicted molar refractivity (Wildman–Crippen MR) is 150 cm³/mol. The van der Waals surface area contributed by atoms with Gasteiger partial charge in [-0.25, -0.2) is 9.59 Å². The number of hydrogen-bond donors (Lipinski definition) is 7. The molecule has 1 amide bonds. The Morgan fingerprint density at radius 2 is 1.28 bits per heavy atom. The average molecular weight is 596 g/mol. The number of aliphatic hydroxyl groups excluding tert-OH is 1. The molecule has 0 unspecified atom stereocenters. The molecule has 10 nitrogen and oxygen atoms in total. The molecule has 4 aromatic rings. The maximum Gasteiger partial charge on any atom is 0.416 e. The van der Waals surface area contributed by atoms with Gasteiger partial charge in [-0.15, -0.1) is 0 Å². The number of para-hydroxylation sites is 1. The van der Waals surface area contributed by atoms with Crippen LogP contribution in [0.3, 0.4) is 0 Å². The van der Waals surface area contributed by atoms with Crippen molar-refractivity contribution < 1.29 is 48.0 Å². The first-order valence-corrected chi connectivity index (χ1v) is 12.5. The molecule has 222 valence electrons. The van der Waals surface area contributed by atoms with Gasteiger partial charge in [-0.3, -0.25) is 4.79 Å². The van der Waals surface area contributed by atoms with E-state index in [-0.39, 0.29) is 51.5 Å². The number of carbonyl (C=O) groups excluding carboxylic acids is 1. The largest absolute Gasteiger partial charge is 0.478 e. The Kier molecular flexibility index (Phi) is 8.98. The van der Waals surface area contributed by atoms with Crippen molar-refractivity contribution in [1.82, 2.24) is 5.32 Å². The molecular formula is C30H24F3N3O7. The third kappa shape index (κ3) is 7.28. The van der Waals surface area contributed by atoms with E-state index in [1.54, 1.807) is 12.1 Å². The number of carboxylic acids is 2. The summed E-state index contributed by atoms with van der Waals surface area (Å²) in [6, 6.07) is 18.2. The normalized spacial score (nSPS) is 11.2. The first-order chi connectivity index (χ1) is 20.3. The highest BCUT2D eigenvalue weighted by Gasteiger charge is 2.31. The zero-order valence-electron chi connectivity index (χ0n) is 22.0. The minimum Gasteiger partial charge on any atom is -0.478 e. The SMILES string of the molecule is O=C(O)c1cc(CNC(=O)c2ccccc2C(=O)O)ccc1Nc1cc(C(F)(F)F)ccc1Nc1ccccc1C(O)O. The van der Waals surface area contributed by atoms with E-state index in [9.17, 15) is 48.0 Å². The summed E-state index contributed by atoms with van der Waals surface area (Å²) in [4.78, 5) is 36.1. The number of anilines is 4. The summed E-state index contributed by atoms with van der Waals surface area (Å²) in [5, 5.41) is 46.6. The van der Waals surface area contributed by atoms with Gasteiger partial charge >= 0.3 is 18.1 Å². The number of aliphatic hydroxyl groups is 2. The number of carbonyl (C=O) groups is 3. The number of amides is 1. The van der Waals surface area contributed by atoms with Gasteiger partial charge in [0.2, 0.25) is 0 Å². The number of benzene rings is 4. The number of nitrogens with one attached hydrogen (secondary N) is 3. The fraction of sp³-hybridized carbons (Fsp3) is 0.100. The van der Waals surface area contributed by atoms with Gasteiger partial charge in [0.1, 0.15) is 0 Å². The number of carboxylic acid groups (broad SMARTS) is 2. The van der Waals surface area contributed by atoms with Gasteiger partial charge < -0.3 is 36.4 Å². The molecule has 0 heterocycles. The molecule has 0 aliphatic carbocycles. The molecule has 0 radical (unpaired) electrons. The van der Waals surface area contributed by atoms with Crippen molar-refractivity contribution in [3.05, 3.63) is 118 Å². The minimum atomic E-state index is -4.72. The van der Waals surface area contributed by atoms with Crippen molar-refractivity contribution in [3.63, 3.8) is 0 Å². The monoisotopic (exact) mass is 595 g/mol. The summed E-state index contributed by atoms with van der Waals surface area (Å²) < 4.78 is 40.7. The first kappa shape index (κ1) is 30.6. The number of alkyl halides is 3. The highest BCUT2D eigenvalue weighted by Crippen LogP contribution is 2.38. The van der Waals surface area contributed by atoms with Gasteiger partial charge in [0, 0.05) is 17.8 Å². The van der Waals surface area contributed by atoms with Crippen molar-refractivity contribution in [1.29, 1.82) is 0 Å². The van der Waals surface area contributed by atoms with Crippen LogP contribution in [0.2, 0.25) is 0 Å². The van der Waals surface area contributed by atoms with E-state index in [1.165, 1.54) is 54.6 Å². The van der Waals surface area contributed by atoms with Gasteiger partial charge in [0.05, 0.1) is 39.3 Å². The maximum atomic E-state index is 13.6. The minimum absolute atomic E-state index is 0.0527. The van der Waals surface area contributed by atoms with E-state index in [0.29, 0.717) is 5.56 Å². The van der Waals surface area contributed by atoms with Gasteiger partial charge in [-0.1, -0.05) is 36.4 Å². The van der Waals surface area contributed by atoms with Crippen molar-refractivity contribution in [3.8, 4) is 0 Å². The van der Waals surface area contributed by atoms with Crippen LogP contribution in [-0.2, 0) is 12.7 Å². The quantitative estimate of drug-likeness (QED) is 0.117. The average Bonchev–Trinajstić information content (AvgIpc) is 2.96. The highest BCUT2D eigenvalue weighted by atomic mass is 19.4. The van der Waals surface area contributed by atoms with E-state index in [4.69, 9.17) is 0 Å². The fourth-order valence-corrected chi connectivity index (χ4v) is 4.19. The van der Waals surface area contributed by atoms with Crippen molar-refractivity contribution in [2.75, 3.05) is 10.6 Å². The van der Waals surface area contributed by atoms with Crippen LogP contribution in [0.1, 0.15) is 54.1 Å². The molecule has 13 heteroatoms. The van der Waals surface area contributed by atoms with Crippen LogP contribution >= 0.6 is 0 Å². The summed E-state index contributed by atoms with van der Waals surface area (Å²) in [5.74, 6) is -3.42. The lowest BCUT2D eigenvalue weighted by Crippen LogP contribution is -2.25. The standard InChI is InChI=1S/C30H24F3N3O7/c31-30(32,33)17-10-12-24(35-22-8-4-3-7-20(22)28(40)41)25(14-17)36-23-11-9-16(13-21(23)29(42)43)15-34-26(37)18-5-1-2-6-19(18)27(38)39/h1-14,28,35-36,40-41H,15H2,(H,34,37)(H,38,39)(H,42,43). The molecule has 4 rings (SSSR count). The second-order valence-electron chi connectivity index (χ2n) is 9.19. The van der Waals surface area contributed by atoms with Crippen molar-refractivity contribution in [2.24, 2.45) is 0 Å². The Hall–Kier alpha value is -5.40. The van der Waals surface area contributed by atoms with E-state index >= 15 is 0 Å². The lowest BCUT2D eigenvalue weighted by Gasteiger charge is -2.20. The highest BCUT2D eigenvalue weighted by molar-refractivity contribution is 6.04. The predicted octanol–water partition coefficient (Wildman–Crippen LogP) is 5.50. The van der Waals surface area contributed by atoms with Gasteiger partial charge in [0.15, 0.2) is 6.29 Å². The number of hydrogen-bond acceptors (Lipinski definition) is 7. The molecule has 0 spiro atoms. The molecule has 43 heavy (non-hydrogen) atoms. The molecule has 0 bridgehead atoms. The van der Waals surface area contributed by atoms with E-state index < -0.39 is 35.9 Å². The molecule has 0 aliphatic heterocycles. The first-order valence-electron chi connectivity index (χ1n) is 12.5. The summed E-state index contributed by atoms with van der Waals surface area (Å²) >= 11 is 0. The molecule has 0 aliphatic rings. The van der Waals surface area contributed by atoms with E-state index in [0.717, 1.165) is 18.2 Å².